The molecular weight excluding hydrogens is 409 g/mol. The van der Waals surface area contributed by atoms with Gasteiger partial charge in [0.15, 0.2) is 5.82 Å². The van der Waals surface area contributed by atoms with Crippen molar-refractivity contribution in [2.75, 3.05) is 36.4 Å². The van der Waals surface area contributed by atoms with Crippen LogP contribution in [0.2, 0.25) is 0 Å². The van der Waals surface area contributed by atoms with E-state index in [1.165, 1.54) is 17.8 Å². The van der Waals surface area contributed by atoms with Gasteiger partial charge in [0, 0.05) is 35.5 Å². The van der Waals surface area contributed by atoms with Gasteiger partial charge in [-0.15, -0.1) is 11.8 Å². The Morgan fingerprint density at radius 2 is 2.14 bits per heavy atom. The van der Waals surface area contributed by atoms with Crippen molar-refractivity contribution in [1.82, 2.24) is 10.0 Å². The van der Waals surface area contributed by atoms with E-state index in [1.54, 1.807) is 4.72 Å². The summed E-state index contributed by atoms with van der Waals surface area (Å²) in [4.78, 5) is 12.1. The Hall–Kier alpha value is -1.56. The van der Waals surface area contributed by atoms with Crippen molar-refractivity contribution in [2.45, 2.75) is 30.2 Å². The van der Waals surface area contributed by atoms with Crippen LogP contribution in [0.15, 0.2) is 11.0 Å². The van der Waals surface area contributed by atoms with Crippen LogP contribution in [0.3, 0.4) is 0 Å². The van der Waals surface area contributed by atoms with Crippen molar-refractivity contribution >= 4 is 33.6 Å². The van der Waals surface area contributed by atoms with Crippen LogP contribution >= 0.6 is 11.8 Å². The molecule has 0 spiro atoms. The number of nitrogens with zero attached hydrogens (tertiary/aromatic N) is 1. The van der Waals surface area contributed by atoms with E-state index < -0.39 is 39.9 Å². The Kier molecular flexibility index (Phi) is 5.43. The summed E-state index contributed by atoms with van der Waals surface area (Å²) in [5, 5.41) is 13.7. The summed E-state index contributed by atoms with van der Waals surface area (Å²) in [5.74, 6) is -0.775. The van der Waals surface area contributed by atoms with Crippen LogP contribution in [0.5, 0.6) is 5.75 Å². The minimum atomic E-state index is -4.20. The van der Waals surface area contributed by atoms with Crippen LogP contribution in [0.1, 0.15) is 18.4 Å². The monoisotopic (exact) mass is 431 g/mol. The number of ether oxygens (including phenoxy) is 1. The first kappa shape index (κ1) is 19.7. The van der Waals surface area contributed by atoms with Crippen molar-refractivity contribution in [1.29, 1.82) is 0 Å². The SMILES string of the molecule is O=C1CN(c2c(O)cc3c(c2F)C[C@H](NCC2CCOCC2)CS3)S(=O)(=O)N1. The molecular formula is C17H22FN3O5S2. The van der Waals surface area contributed by atoms with Gasteiger partial charge in [0.2, 0.25) is 0 Å². The molecule has 0 unspecified atom stereocenters. The van der Waals surface area contributed by atoms with Crippen molar-refractivity contribution in [3.05, 3.63) is 17.4 Å². The van der Waals surface area contributed by atoms with Gasteiger partial charge < -0.3 is 15.2 Å². The molecule has 0 saturated carbocycles. The molecule has 1 aromatic rings. The molecule has 1 amide bonds. The number of amides is 1. The smallest absolute Gasteiger partial charge is 0.326 e. The minimum absolute atomic E-state index is 0.0437. The second-order valence-electron chi connectivity index (χ2n) is 7.25. The van der Waals surface area contributed by atoms with E-state index in [4.69, 9.17) is 4.74 Å². The van der Waals surface area contributed by atoms with Crippen molar-refractivity contribution in [3.8, 4) is 5.75 Å². The molecule has 0 aromatic heterocycles. The highest BCUT2D eigenvalue weighted by atomic mass is 32.2. The van der Waals surface area contributed by atoms with Crippen LogP contribution in [0.4, 0.5) is 10.1 Å². The third-order valence-corrected chi connectivity index (χ3v) is 7.90. The number of hydrogen-bond donors (Lipinski definition) is 3. The number of fused-ring (bicyclic) bond motifs is 1. The fourth-order valence-electron chi connectivity index (χ4n) is 3.76. The van der Waals surface area contributed by atoms with E-state index in [9.17, 15) is 18.3 Å². The quantitative estimate of drug-likeness (QED) is 0.646. The number of carbonyl (C=O) groups excluding carboxylic acids is 1. The molecule has 154 valence electrons. The number of halogens is 1. The van der Waals surface area contributed by atoms with E-state index in [-0.39, 0.29) is 6.04 Å². The van der Waals surface area contributed by atoms with Gasteiger partial charge in [-0.3, -0.25) is 4.79 Å². The number of carbonyl (C=O) groups is 1. The second-order valence-corrected chi connectivity index (χ2v) is 9.90. The lowest BCUT2D eigenvalue weighted by atomic mass is 9.99. The van der Waals surface area contributed by atoms with E-state index in [1.807, 2.05) is 0 Å². The van der Waals surface area contributed by atoms with Gasteiger partial charge in [-0.1, -0.05) is 0 Å². The van der Waals surface area contributed by atoms with Crippen molar-refractivity contribution < 1.29 is 27.4 Å². The molecule has 3 N–H and O–H groups in total. The molecule has 0 radical (unpaired) electrons. The summed E-state index contributed by atoms with van der Waals surface area (Å²) in [6.07, 6.45) is 2.40. The lowest BCUT2D eigenvalue weighted by molar-refractivity contribution is -0.117. The first-order valence-electron chi connectivity index (χ1n) is 9.16. The number of rotatable bonds is 4. The second kappa shape index (κ2) is 7.69. The van der Waals surface area contributed by atoms with Crippen molar-refractivity contribution in [3.63, 3.8) is 0 Å². The predicted octanol–water partition coefficient (Wildman–Crippen LogP) is 0.745. The summed E-state index contributed by atoms with van der Waals surface area (Å²) in [6, 6.07) is 1.42. The molecule has 0 aliphatic carbocycles. The van der Waals surface area contributed by atoms with E-state index in [0.717, 1.165) is 38.4 Å². The van der Waals surface area contributed by atoms with E-state index >= 15 is 4.39 Å². The minimum Gasteiger partial charge on any atom is -0.506 e. The van der Waals surface area contributed by atoms with Gasteiger partial charge in [0.1, 0.15) is 18.0 Å². The van der Waals surface area contributed by atoms with Crippen LogP contribution in [0.25, 0.3) is 0 Å². The standard InChI is InChI=1S/C17H22FN3O5S2/c18-16-12-5-11(19-7-10-1-3-26-4-2-10)9-27-14(12)6-13(22)17(16)21-8-15(23)20-28(21,24)25/h6,10-11,19,22H,1-5,7-9H2,(H,20,23)/t11-/m0/s1. The fraction of sp³-hybridized carbons (Fsp3) is 0.588. The number of anilines is 1. The van der Waals surface area contributed by atoms with Crippen LogP contribution < -0.4 is 14.3 Å². The number of phenolic OH excluding ortho intramolecular Hbond substituents is 1. The predicted molar refractivity (Wildman–Crippen MR) is 102 cm³/mol. The molecule has 11 heteroatoms. The molecule has 3 heterocycles. The summed E-state index contributed by atoms with van der Waals surface area (Å²) in [7, 11) is -4.20. The normalized spacial score (nSPS) is 24.8. The Labute approximate surface area is 167 Å². The highest BCUT2D eigenvalue weighted by Crippen LogP contribution is 2.42. The third kappa shape index (κ3) is 3.80. The molecule has 1 aromatic carbocycles. The maximum Gasteiger partial charge on any atom is 0.326 e. The number of thioether (sulfide) groups is 1. The Morgan fingerprint density at radius 1 is 1.39 bits per heavy atom. The molecule has 28 heavy (non-hydrogen) atoms. The largest absolute Gasteiger partial charge is 0.506 e. The molecule has 3 aliphatic rings. The van der Waals surface area contributed by atoms with E-state index in [2.05, 4.69) is 5.32 Å². The van der Waals surface area contributed by atoms with Crippen LogP contribution in [-0.4, -0.2) is 57.5 Å². The summed E-state index contributed by atoms with van der Waals surface area (Å²) in [5.41, 5.74) is -0.106. The van der Waals surface area contributed by atoms with Gasteiger partial charge in [0.25, 0.3) is 5.91 Å². The molecule has 2 saturated heterocycles. The highest BCUT2D eigenvalue weighted by Gasteiger charge is 2.39. The zero-order valence-corrected chi connectivity index (χ0v) is 16.7. The molecule has 0 bridgehead atoms. The average molecular weight is 432 g/mol. The molecule has 4 rings (SSSR count). The summed E-state index contributed by atoms with van der Waals surface area (Å²) >= 11 is 1.43. The lowest BCUT2D eigenvalue weighted by Crippen LogP contribution is -2.40. The number of benzene rings is 1. The number of phenols is 1. The fourth-order valence-corrected chi connectivity index (χ4v) is 6.08. The highest BCUT2D eigenvalue weighted by molar-refractivity contribution is 7.99. The van der Waals surface area contributed by atoms with Gasteiger partial charge in [-0.25, -0.2) is 13.4 Å². The maximum atomic E-state index is 15.2. The molecule has 2 fully saturated rings. The maximum absolute atomic E-state index is 15.2. The topological polar surface area (TPSA) is 108 Å². The first-order chi connectivity index (χ1) is 13.3. The number of nitrogens with one attached hydrogen (secondary N) is 2. The zero-order chi connectivity index (χ0) is 19.9. The lowest BCUT2D eigenvalue weighted by Gasteiger charge is -2.30. The number of hydrogen-bond acceptors (Lipinski definition) is 7. The van der Waals surface area contributed by atoms with Gasteiger partial charge >= 0.3 is 10.2 Å². The summed E-state index contributed by atoms with van der Waals surface area (Å²) in [6.45, 7) is 1.81. The Balaban J connectivity index is 1.55. The zero-order valence-electron chi connectivity index (χ0n) is 15.1. The van der Waals surface area contributed by atoms with Gasteiger partial charge in [0.05, 0.1) is 0 Å². The van der Waals surface area contributed by atoms with Crippen molar-refractivity contribution in [2.24, 2.45) is 5.92 Å². The Bertz CT molecular complexity index is 889. The molecule has 3 aliphatic heterocycles. The Morgan fingerprint density at radius 3 is 2.82 bits per heavy atom. The van der Waals surface area contributed by atoms with Crippen LogP contribution in [0, 0.1) is 11.7 Å². The average Bonchev–Trinajstić information content (AvgIpc) is 2.93. The van der Waals surface area contributed by atoms with Crippen LogP contribution in [-0.2, 0) is 26.2 Å². The molecule has 1 atom stereocenters. The molecule has 8 nitrogen and oxygen atoms in total. The van der Waals surface area contributed by atoms with Gasteiger partial charge in [-0.05, 0) is 37.8 Å². The third-order valence-electron chi connectivity index (χ3n) is 5.28. The van der Waals surface area contributed by atoms with Gasteiger partial charge in [-0.2, -0.15) is 8.42 Å². The number of aromatic hydroxyl groups is 1. The van der Waals surface area contributed by atoms with E-state index in [0.29, 0.717) is 27.1 Å². The first-order valence-corrected chi connectivity index (χ1v) is 11.6. The summed E-state index contributed by atoms with van der Waals surface area (Å²) < 4.78 is 47.1.